The van der Waals surface area contributed by atoms with Crippen LogP contribution in [0.3, 0.4) is 0 Å². The number of nitrogens with zero attached hydrogens (tertiary/aromatic N) is 2. The number of hydrogen-bond donors (Lipinski definition) is 1. The largest absolute Gasteiger partial charge is 0.312 e. The lowest BCUT2D eigenvalue weighted by molar-refractivity contribution is 0.596. The molecule has 80 valence electrons. The van der Waals surface area contributed by atoms with Crippen molar-refractivity contribution in [2.45, 2.75) is 6.54 Å². The maximum absolute atomic E-state index is 10.8. The Hall–Kier alpha value is -0.880. The molecule has 0 amide bonds. The third-order valence-corrected chi connectivity index (χ3v) is 2.68. The quantitative estimate of drug-likeness (QED) is 0.679. The molecule has 0 bridgehead atoms. The minimum atomic E-state index is -2.86. The van der Waals surface area contributed by atoms with Crippen molar-refractivity contribution in [3.63, 3.8) is 0 Å². The standard InChI is InChI=1S/C8H15N3O2S/c1-11-7-8(6-10-11)5-9-3-4-14(2,12)13/h6-7,9H,3-5H2,1-2H3. The molecule has 6 heteroatoms. The Morgan fingerprint density at radius 3 is 2.79 bits per heavy atom. The average molecular weight is 217 g/mol. The molecule has 5 nitrogen and oxygen atoms in total. The van der Waals surface area contributed by atoms with Gasteiger partial charge in [-0.3, -0.25) is 4.68 Å². The van der Waals surface area contributed by atoms with E-state index in [4.69, 9.17) is 0 Å². The van der Waals surface area contributed by atoms with Gasteiger partial charge in [0.15, 0.2) is 0 Å². The van der Waals surface area contributed by atoms with Gasteiger partial charge in [-0.1, -0.05) is 0 Å². The van der Waals surface area contributed by atoms with E-state index in [1.54, 1.807) is 10.9 Å². The molecule has 0 aliphatic rings. The molecule has 0 saturated heterocycles. The molecule has 14 heavy (non-hydrogen) atoms. The second-order valence-electron chi connectivity index (χ2n) is 3.33. The highest BCUT2D eigenvalue weighted by molar-refractivity contribution is 7.90. The number of rotatable bonds is 5. The molecular formula is C8H15N3O2S. The van der Waals surface area contributed by atoms with Crippen LogP contribution in [0, 0.1) is 0 Å². The van der Waals surface area contributed by atoms with Crippen LogP contribution in [0.4, 0.5) is 0 Å². The highest BCUT2D eigenvalue weighted by atomic mass is 32.2. The van der Waals surface area contributed by atoms with Gasteiger partial charge in [0, 0.05) is 38.2 Å². The molecule has 1 N–H and O–H groups in total. The molecule has 1 aromatic rings. The summed E-state index contributed by atoms with van der Waals surface area (Å²) in [5.74, 6) is 0.174. The van der Waals surface area contributed by atoms with E-state index < -0.39 is 9.84 Å². The highest BCUT2D eigenvalue weighted by Gasteiger charge is 2.01. The van der Waals surface area contributed by atoms with Crippen molar-refractivity contribution in [3.8, 4) is 0 Å². The fourth-order valence-corrected chi connectivity index (χ4v) is 1.57. The smallest absolute Gasteiger partial charge is 0.148 e. The van der Waals surface area contributed by atoms with Crippen LogP contribution in [0.25, 0.3) is 0 Å². The van der Waals surface area contributed by atoms with E-state index in [1.165, 1.54) is 6.26 Å². The van der Waals surface area contributed by atoms with Gasteiger partial charge in [-0.15, -0.1) is 0 Å². The van der Waals surface area contributed by atoms with E-state index in [9.17, 15) is 8.42 Å². The molecular weight excluding hydrogens is 202 g/mol. The molecule has 0 spiro atoms. The zero-order valence-corrected chi connectivity index (χ0v) is 9.21. The molecule has 0 aliphatic heterocycles. The Bertz CT molecular complexity index is 383. The Labute approximate surface area is 84.0 Å². The summed E-state index contributed by atoms with van der Waals surface area (Å²) in [5.41, 5.74) is 1.06. The van der Waals surface area contributed by atoms with Crippen molar-refractivity contribution in [2.75, 3.05) is 18.6 Å². The van der Waals surface area contributed by atoms with Gasteiger partial charge in [-0.2, -0.15) is 5.10 Å². The predicted octanol–water partition coefficient (Wildman–Crippen LogP) is -0.446. The fourth-order valence-electron chi connectivity index (χ4n) is 1.05. The van der Waals surface area contributed by atoms with Gasteiger partial charge in [0.25, 0.3) is 0 Å². The van der Waals surface area contributed by atoms with E-state index in [0.29, 0.717) is 13.1 Å². The van der Waals surface area contributed by atoms with Gasteiger partial charge in [0.2, 0.25) is 0 Å². The molecule has 1 rings (SSSR count). The summed E-state index contributed by atoms with van der Waals surface area (Å²) in [6.07, 6.45) is 4.89. The molecule has 0 radical (unpaired) electrons. The van der Waals surface area contributed by atoms with E-state index >= 15 is 0 Å². The van der Waals surface area contributed by atoms with Crippen molar-refractivity contribution < 1.29 is 8.42 Å². The van der Waals surface area contributed by atoms with Crippen LogP contribution in [0.2, 0.25) is 0 Å². The zero-order chi connectivity index (χ0) is 10.6. The SMILES string of the molecule is Cn1cc(CNCCS(C)(=O)=O)cn1. The lowest BCUT2D eigenvalue weighted by atomic mass is 10.3. The molecule has 1 aromatic heterocycles. The first kappa shape index (κ1) is 11.2. The molecule has 0 atom stereocenters. The summed E-state index contributed by atoms with van der Waals surface area (Å²) in [5, 5.41) is 7.04. The maximum atomic E-state index is 10.8. The topological polar surface area (TPSA) is 64.0 Å². The third kappa shape index (κ3) is 4.38. The van der Waals surface area contributed by atoms with Crippen molar-refractivity contribution in [3.05, 3.63) is 18.0 Å². The van der Waals surface area contributed by atoms with E-state index in [0.717, 1.165) is 5.56 Å². The second kappa shape index (κ2) is 4.56. The van der Waals surface area contributed by atoms with Crippen LogP contribution in [-0.2, 0) is 23.4 Å². The number of sulfone groups is 1. The summed E-state index contributed by atoms with van der Waals surface area (Å²) in [6, 6.07) is 0. The lowest BCUT2D eigenvalue weighted by Crippen LogP contribution is -2.21. The Morgan fingerprint density at radius 2 is 2.29 bits per heavy atom. The van der Waals surface area contributed by atoms with E-state index in [2.05, 4.69) is 10.4 Å². The average Bonchev–Trinajstić information content (AvgIpc) is 2.44. The van der Waals surface area contributed by atoms with Gasteiger partial charge >= 0.3 is 0 Å². The van der Waals surface area contributed by atoms with Crippen molar-refractivity contribution >= 4 is 9.84 Å². The van der Waals surface area contributed by atoms with Crippen molar-refractivity contribution in [2.24, 2.45) is 7.05 Å². The maximum Gasteiger partial charge on any atom is 0.148 e. The summed E-state index contributed by atoms with van der Waals surface area (Å²) in [7, 11) is -1.01. The Morgan fingerprint density at radius 1 is 1.57 bits per heavy atom. The lowest BCUT2D eigenvalue weighted by Gasteiger charge is -2.00. The first-order chi connectivity index (χ1) is 6.47. The first-order valence-corrected chi connectivity index (χ1v) is 6.39. The number of hydrogen-bond acceptors (Lipinski definition) is 4. The van der Waals surface area contributed by atoms with Crippen LogP contribution < -0.4 is 5.32 Å². The summed E-state index contributed by atoms with van der Waals surface area (Å²) < 4.78 is 23.3. The van der Waals surface area contributed by atoms with Gasteiger partial charge < -0.3 is 5.32 Å². The van der Waals surface area contributed by atoms with Gasteiger partial charge in [-0.25, -0.2) is 8.42 Å². The minimum Gasteiger partial charge on any atom is -0.312 e. The van der Waals surface area contributed by atoms with Crippen LogP contribution in [0.5, 0.6) is 0 Å². The van der Waals surface area contributed by atoms with Crippen molar-refractivity contribution in [1.82, 2.24) is 15.1 Å². The van der Waals surface area contributed by atoms with Gasteiger partial charge in [0.1, 0.15) is 9.84 Å². The first-order valence-electron chi connectivity index (χ1n) is 4.33. The molecule has 0 aromatic carbocycles. The van der Waals surface area contributed by atoms with Crippen LogP contribution >= 0.6 is 0 Å². The summed E-state index contributed by atoms with van der Waals surface area (Å²) in [4.78, 5) is 0. The summed E-state index contributed by atoms with van der Waals surface area (Å²) in [6.45, 7) is 1.14. The van der Waals surface area contributed by atoms with Crippen LogP contribution in [0.15, 0.2) is 12.4 Å². The fraction of sp³-hybridized carbons (Fsp3) is 0.625. The second-order valence-corrected chi connectivity index (χ2v) is 5.59. The molecule has 0 fully saturated rings. The van der Waals surface area contributed by atoms with E-state index in [1.807, 2.05) is 13.2 Å². The van der Waals surface area contributed by atoms with E-state index in [-0.39, 0.29) is 5.75 Å². The van der Waals surface area contributed by atoms with Gasteiger partial charge in [-0.05, 0) is 0 Å². The number of aromatic nitrogens is 2. The molecule has 0 saturated carbocycles. The third-order valence-electron chi connectivity index (χ3n) is 1.74. The number of nitrogens with one attached hydrogen (secondary N) is 1. The minimum absolute atomic E-state index is 0.174. The monoisotopic (exact) mass is 217 g/mol. The Kier molecular flexibility index (Phi) is 3.65. The normalized spacial score (nSPS) is 11.9. The summed E-state index contributed by atoms with van der Waals surface area (Å²) >= 11 is 0. The van der Waals surface area contributed by atoms with Gasteiger partial charge in [0.05, 0.1) is 11.9 Å². The molecule has 1 heterocycles. The van der Waals surface area contributed by atoms with Crippen LogP contribution in [0.1, 0.15) is 5.56 Å². The molecule has 0 unspecified atom stereocenters. The molecule has 0 aliphatic carbocycles. The predicted molar refractivity (Wildman–Crippen MR) is 54.6 cm³/mol. The highest BCUT2D eigenvalue weighted by Crippen LogP contribution is 1.94. The Balaban J connectivity index is 2.23. The number of aryl methyl sites for hydroxylation is 1. The zero-order valence-electron chi connectivity index (χ0n) is 8.40. The van der Waals surface area contributed by atoms with Crippen molar-refractivity contribution in [1.29, 1.82) is 0 Å². The van der Waals surface area contributed by atoms with Crippen LogP contribution in [-0.4, -0.2) is 36.8 Å².